The van der Waals surface area contributed by atoms with Crippen molar-refractivity contribution in [3.8, 4) is 0 Å². The predicted octanol–water partition coefficient (Wildman–Crippen LogP) is 2.48. The van der Waals surface area contributed by atoms with Crippen LogP contribution in [0, 0.1) is 12.7 Å². The molecule has 0 saturated carbocycles. The lowest BCUT2D eigenvalue weighted by Gasteiger charge is -2.28. The molecule has 20 heavy (non-hydrogen) atoms. The second kappa shape index (κ2) is 5.40. The van der Waals surface area contributed by atoms with E-state index >= 15 is 0 Å². The van der Waals surface area contributed by atoms with E-state index in [4.69, 9.17) is 0 Å². The van der Waals surface area contributed by atoms with Crippen molar-refractivity contribution in [3.05, 3.63) is 29.6 Å². The number of hydrogen-bond acceptors (Lipinski definition) is 3. The van der Waals surface area contributed by atoms with Crippen LogP contribution in [0.15, 0.2) is 18.2 Å². The minimum atomic E-state index is -1.04. The summed E-state index contributed by atoms with van der Waals surface area (Å²) in [5.41, 5.74) is 0.257. The van der Waals surface area contributed by atoms with Crippen LogP contribution in [0.5, 0.6) is 0 Å². The quantitative estimate of drug-likeness (QED) is 0.889. The van der Waals surface area contributed by atoms with Crippen LogP contribution in [-0.4, -0.2) is 40.6 Å². The van der Waals surface area contributed by atoms with Crippen molar-refractivity contribution in [2.24, 2.45) is 0 Å². The fourth-order valence-electron chi connectivity index (χ4n) is 2.69. The second-order valence-electron chi connectivity index (χ2n) is 5.84. The van der Waals surface area contributed by atoms with Crippen LogP contribution in [0.4, 0.5) is 10.1 Å². The summed E-state index contributed by atoms with van der Waals surface area (Å²) < 4.78 is 13.4. The molecule has 1 aliphatic heterocycles. The van der Waals surface area contributed by atoms with E-state index in [1.807, 2.05) is 13.8 Å². The van der Waals surface area contributed by atoms with Crippen molar-refractivity contribution in [2.45, 2.75) is 38.8 Å². The Morgan fingerprint density at radius 2 is 2.15 bits per heavy atom. The summed E-state index contributed by atoms with van der Waals surface area (Å²) in [5.74, 6) is -1.24. The first-order valence-electron chi connectivity index (χ1n) is 6.85. The van der Waals surface area contributed by atoms with Gasteiger partial charge in [-0.1, -0.05) is 0 Å². The topological polar surface area (TPSA) is 52.6 Å². The van der Waals surface area contributed by atoms with Gasteiger partial charge in [-0.15, -0.1) is 0 Å². The van der Waals surface area contributed by atoms with Gasteiger partial charge in [0.25, 0.3) is 0 Å². The van der Waals surface area contributed by atoms with Crippen molar-refractivity contribution in [3.63, 3.8) is 0 Å². The van der Waals surface area contributed by atoms with Crippen molar-refractivity contribution in [1.82, 2.24) is 4.90 Å². The van der Waals surface area contributed by atoms with Crippen molar-refractivity contribution >= 4 is 11.7 Å². The van der Waals surface area contributed by atoms with Gasteiger partial charge in [-0.3, -0.25) is 4.90 Å². The molecule has 0 radical (unpaired) electrons. The highest BCUT2D eigenvalue weighted by Crippen LogP contribution is 2.28. The minimum absolute atomic E-state index is 0.298. The van der Waals surface area contributed by atoms with Gasteiger partial charge in [0.1, 0.15) is 11.4 Å². The molecular weight excluding hydrogens is 259 g/mol. The molecule has 1 atom stereocenters. The van der Waals surface area contributed by atoms with E-state index in [0.29, 0.717) is 24.7 Å². The third-order valence-electron chi connectivity index (χ3n) is 3.86. The van der Waals surface area contributed by atoms with Crippen molar-refractivity contribution in [1.29, 1.82) is 0 Å². The summed E-state index contributed by atoms with van der Waals surface area (Å²) in [4.78, 5) is 13.8. The van der Waals surface area contributed by atoms with E-state index in [0.717, 1.165) is 12.1 Å². The van der Waals surface area contributed by atoms with Crippen LogP contribution in [0.3, 0.4) is 0 Å². The van der Waals surface area contributed by atoms with Crippen LogP contribution in [-0.2, 0) is 4.79 Å². The minimum Gasteiger partial charge on any atom is -0.479 e. The molecule has 0 bridgehead atoms. The van der Waals surface area contributed by atoms with Crippen LogP contribution in [0.25, 0.3) is 0 Å². The molecule has 1 fully saturated rings. The maximum Gasteiger partial charge on any atom is 0.330 e. The maximum atomic E-state index is 13.4. The summed E-state index contributed by atoms with van der Waals surface area (Å²) in [6.45, 7) is 7.03. The molecule has 2 rings (SSSR count). The zero-order valence-corrected chi connectivity index (χ0v) is 12.1. The normalized spacial score (nSPS) is 23.2. The highest BCUT2D eigenvalue weighted by Gasteiger charge is 2.45. The Hall–Kier alpha value is -1.62. The lowest BCUT2D eigenvalue weighted by molar-refractivity contribution is -0.141. The highest BCUT2D eigenvalue weighted by atomic mass is 19.1. The first-order chi connectivity index (χ1) is 9.32. The predicted molar refractivity (Wildman–Crippen MR) is 76.5 cm³/mol. The van der Waals surface area contributed by atoms with Gasteiger partial charge >= 0.3 is 5.97 Å². The SMILES string of the molecule is Cc1cc(F)cc(NC2(C(=O)O)CCN(C(C)C)C2)c1. The van der Waals surface area contributed by atoms with Crippen molar-refractivity contribution < 1.29 is 14.3 Å². The van der Waals surface area contributed by atoms with Crippen LogP contribution >= 0.6 is 0 Å². The van der Waals surface area contributed by atoms with Gasteiger partial charge < -0.3 is 10.4 Å². The number of carboxylic acids is 1. The Morgan fingerprint density at radius 1 is 1.45 bits per heavy atom. The number of benzene rings is 1. The van der Waals surface area contributed by atoms with Gasteiger partial charge in [0.2, 0.25) is 0 Å². The molecular formula is C15H21FN2O2. The third kappa shape index (κ3) is 2.93. The molecule has 1 aromatic carbocycles. The Morgan fingerprint density at radius 3 is 2.65 bits per heavy atom. The lowest BCUT2D eigenvalue weighted by atomic mass is 9.98. The number of aryl methyl sites for hydroxylation is 1. The summed E-state index contributed by atoms with van der Waals surface area (Å²) >= 11 is 0. The van der Waals surface area contributed by atoms with Crippen molar-refractivity contribution in [2.75, 3.05) is 18.4 Å². The average Bonchev–Trinajstić information content (AvgIpc) is 2.73. The number of likely N-dealkylation sites (tertiary alicyclic amines) is 1. The lowest BCUT2D eigenvalue weighted by Crippen LogP contribution is -2.49. The third-order valence-corrected chi connectivity index (χ3v) is 3.86. The van der Waals surface area contributed by atoms with Gasteiger partial charge in [-0.25, -0.2) is 9.18 Å². The van der Waals surface area contributed by atoms with Crippen LogP contribution in [0.2, 0.25) is 0 Å². The number of carbonyl (C=O) groups is 1. The summed E-state index contributed by atoms with van der Waals surface area (Å²) in [6, 6.07) is 4.84. The van der Waals surface area contributed by atoms with E-state index in [-0.39, 0.29) is 5.82 Å². The van der Waals surface area contributed by atoms with Crippen LogP contribution < -0.4 is 5.32 Å². The molecule has 4 nitrogen and oxygen atoms in total. The number of halogens is 1. The van der Waals surface area contributed by atoms with E-state index in [1.165, 1.54) is 12.1 Å². The van der Waals surface area contributed by atoms with Gasteiger partial charge in [0.15, 0.2) is 0 Å². The molecule has 1 heterocycles. The second-order valence-corrected chi connectivity index (χ2v) is 5.84. The zero-order valence-electron chi connectivity index (χ0n) is 12.1. The van der Waals surface area contributed by atoms with E-state index in [2.05, 4.69) is 10.2 Å². The number of anilines is 1. The molecule has 1 unspecified atom stereocenters. The summed E-state index contributed by atoms with van der Waals surface area (Å²) in [7, 11) is 0. The van der Waals surface area contributed by atoms with Gasteiger partial charge in [0.05, 0.1) is 0 Å². The summed E-state index contributed by atoms with van der Waals surface area (Å²) in [5, 5.41) is 12.6. The number of nitrogens with zero attached hydrogens (tertiary/aromatic N) is 1. The monoisotopic (exact) mass is 280 g/mol. The molecule has 0 spiro atoms. The first kappa shape index (κ1) is 14.8. The number of carboxylic acid groups (broad SMARTS) is 1. The largest absolute Gasteiger partial charge is 0.479 e. The standard InChI is InChI=1S/C15H21FN2O2/c1-10(2)18-5-4-15(9-18,14(19)20)17-13-7-11(3)6-12(16)8-13/h6-8,10,17H,4-5,9H2,1-3H3,(H,19,20). The molecule has 5 heteroatoms. The average molecular weight is 280 g/mol. The number of hydrogen-bond donors (Lipinski definition) is 2. The zero-order chi connectivity index (χ0) is 14.9. The maximum absolute atomic E-state index is 13.4. The Labute approximate surface area is 118 Å². The molecule has 1 aliphatic rings. The first-order valence-corrected chi connectivity index (χ1v) is 6.85. The summed E-state index contributed by atoms with van der Waals surface area (Å²) in [6.07, 6.45) is 0.510. The molecule has 110 valence electrons. The molecule has 1 saturated heterocycles. The fraction of sp³-hybridized carbons (Fsp3) is 0.533. The molecule has 0 amide bonds. The highest BCUT2D eigenvalue weighted by molar-refractivity contribution is 5.83. The van der Waals surface area contributed by atoms with E-state index in [9.17, 15) is 14.3 Å². The molecule has 0 aliphatic carbocycles. The molecule has 0 aromatic heterocycles. The number of rotatable bonds is 4. The Bertz CT molecular complexity index is 498. The van der Waals surface area contributed by atoms with Crippen LogP contribution in [0.1, 0.15) is 25.8 Å². The smallest absolute Gasteiger partial charge is 0.330 e. The Kier molecular flexibility index (Phi) is 3.99. The molecule has 1 aromatic rings. The molecule has 2 N–H and O–H groups in total. The van der Waals surface area contributed by atoms with E-state index in [1.54, 1.807) is 13.0 Å². The van der Waals surface area contributed by atoms with Gasteiger partial charge in [-0.2, -0.15) is 0 Å². The number of nitrogens with one attached hydrogen (secondary N) is 1. The van der Waals surface area contributed by atoms with E-state index < -0.39 is 11.5 Å². The number of aliphatic carboxylic acids is 1. The van der Waals surface area contributed by atoms with Gasteiger partial charge in [-0.05, 0) is 51.0 Å². The fourth-order valence-corrected chi connectivity index (χ4v) is 2.69. The van der Waals surface area contributed by atoms with Gasteiger partial charge in [0, 0.05) is 24.8 Å². The Balaban J connectivity index is 2.25.